The van der Waals surface area contributed by atoms with Crippen LogP contribution in [0.5, 0.6) is 17.2 Å². The molecule has 0 radical (unpaired) electrons. The van der Waals surface area contributed by atoms with Gasteiger partial charge in [0.1, 0.15) is 23.9 Å². The number of rotatable bonds is 7. The third-order valence-corrected chi connectivity index (χ3v) is 3.70. The van der Waals surface area contributed by atoms with Gasteiger partial charge in [0, 0.05) is 5.02 Å². The Hall–Kier alpha value is -2.98. The molecule has 0 atom stereocenters. The van der Waals surface area contributed by atoms with Crippen LogP contribution in [-0.4, -0.2) is 12.6 Å². The summed E-state index contributed by atoms with van der Waals surface area (Å²) in [6.45, 7) is -0.0172. The van der Waals surface area contributed by atoms with Crippen molar-refractivity contribution in [3.8, 4) is 17.2 Å². The summed E-state index contributed by atoms with van der Waals surface area (Å²) >= 11 is 5.80. The Morgan fingerprint density at radius 3 is 2.31 bits per heavy atom. The van der Waals surface area contributed by atoms with Crippen LogP contribution in [0.4, 0.5) is 0 Å². The van der Waals surface area contributed by atoms with Crippen LogP contribution in [0.2, 0.25) is 5.02 Å². The zero-order valence-corrected chi connectivity index (χ0v) is 14.7. The number of hydrogen-bond donors (Lipinski definition) is 0. The number of carbonyl (C=O) groups is 1. The van der Waals surface area contributed by atoms with Crippen LogP contribution in [0.3, 0.4) is 0 Å². The number of hydrogen-bond acceptors (Lipinski definition) is 4. The number of benzene rings is 3. The summed E-state index contributed by atoms with van der Waals surface area (Å²) in [5, 5.41) is 0.609. The molecule has 0 aliphatic rings. The van der Waals surface area contributed by atoms with Gasteiger partial charge >= 0.3 is 5.97 Å². The van der Waals surface area contributed by atoms with E-state index in [9.17, 15) is 4.79 Å². The summed E-state index contributed by atoms with van der Waals surface area (Å²) in [7, 11) is 0. The van der Waals surface area contributed by atoms with E-state index in [2.05, 4.69) is 0 Å². The van der Waals surface area contributed by atoms with Crippen molar-refractivity contribution in [2.75, 3.05) is 6.61 Å². The number of para-hydroxylation sites is 1. The predicted octanol–water partition coefficient (Wildman–Crippen LogP) is 5.25. The third kappa shape index (κ3) is 5.53. The highest BCUT2D eigenvalue weighted by molar-refractivity contribution is 6.30. The van der Waals surface area contributed by atoms with Crippen molar-refractivity contribution in [3.63, 3.8) is 0 Å². The van der Waals surface area contributed by atoms with E-state index in [4.69, 9.17) is 25.8 Å². The first-order valence-electron chi connectivity index (χ1n) is 8.05. The van der Waals surface area contributed by atoms with Gasteiger partial charge in [-0.05, 0) is 54.1 Å². The highest BCUT2D eigenvalue weighted by atomic mass is 35.5. The lowest BCUT2D eigenvalue weighted by Gasteiger charge is -2.09. The lowest BCUT2D eigenvalue weighted by molar-refractivity contribution is -0.147. The van der Waals surface area contributed by atoms with Crippen LogP contribution in [0.25, 0.3) is 0 Å². The normalized spacial score (nSPS) is 10.2. The molecule has 4 nitrogen and oxygen atoms in total. The molecule has 0 aliphatic heterocycles. The SMILES string of the molecule is O=C(COc1ccc(Cl)cc1)OCc1cccc(Oc2ccccc2)c1. The number of ether oxygens (including phenoxy) is 3. The molecule has 0 saturated heterocycles. The Balaban J connectivity index is 1.48. The fourth-order valence-corrected chi connectivity index (χ4v) is 2.33. The van der Waals surface area contributed by atoms with Gasteiger partial charge in [-0.1, -0.05) is 41.9 Å². The van der Waals surface area contributed by atoms with E-state index in [-0.39, 0.29) is 13.2 Å². The Morgan fingerprint density at radius 2 is 1.54 bits per heavy atom. The fraction of sp³-hybridized carbons (Fsp3) is 0.0952. The minimum absolute atomic E-state index is 0.148. The molecule has 0 amide bonds. The van der Waals surface area contributed by atoms with Gasteiger partial charge in [0.25, 0.3) is 0 Å². The van der Waals surface area contributed by atoms with Crippen LogP contribution < -0.4 is 9.47 Å². The molecule has 5 heteroatoms. The minimum Gasteiger partial charge on any atom is -0.482 e. The summed E-state index contributed by atoms with van der Waals surface area (Å²) in [4.78, 5) is 11.8. The summed E-state index contributed by atoms with van der Waals surface area (Å²) in [6.07, 6.45) is 0. The second kappa shape index (κ2) is 8.92. The van der Waals surface area contributed by atoms with Gasteiger partial charge in [-0.15, -0.1) is 0 Å². The van der Waals surface area contributed by atoms with E-state index in [1.165, 1.54) is 0 Å². The van der Waals surface area contributed by atoms with E-state index in [1.54, 1.807) is 24.3 Å². The molecule has 132 valence electrons. The van der Waals surface area contributed by atoms with E-state index >= 15 is 0 Å². The van der Waals surface area contributed by atoms with Crippen molar-refractivity contribution >= 4 is 17.6 Å². The van der Waals surface area contributed by atoms with Crippen molar-refractivity contribution < 1.29 is 19.0 Å². The van der Waals surface area contributed by atoms with Gasteiger partial charge in [0.2, 0.25) is 0 Å². The largest absolute Gasteiger partial charge is 0.482 e. The second-order valence-corrected chi connectivity index (χ2v) is 5.90. The quantitative estimate of drug-likeness (QED) is 0.534. The zero-order chi connectivity index (χ0) is 18.2. The molecular weight excluding hydrogens is 352 g/mol. The molecule has 0 spiro atoms. The van der Waals surface area contributed by atoms with Crippen LogP contribution in [-0.2, 0) is 16.1 Å². The first kappa shape index (κ1) is 17.8. The second-order valence-electron chi connectivity index (χ2n) is 5.47. The molecule has 0 aliphatic carbocycles. The van der Waals surface area contributed by atoms with Gasteiger partial charge in [-0.25, -0.2) is 4.79 Å². The molecule has 0 heterocycles. The van der Waals surface area contributed by atoms with Crippen molar-refractivity contribution in [2.45, 2.75) is 6.61 Å². The summed E-state index contributed by atoms with van der Waals surface area (Å²) in [5.74, 6) is 1.54. The van der Waals surface area contributed by atoms with Gasteiger partial charge in [-0.3, -0.25) is 0 Å². The zero-order valence-electron chi connectivity index (χ0n) is 13.9. The molecule has 0 saturated carbocycles. The maximum absolute atomic E-state index is 11.8. The Bertz CT molecular complexity index is 847. The molecule has 0 aromatic heterocycles. The Kier molecular flexibility index (Phi) is 6.12. The summed E-state index contributed by atoms with van der Waals surface area (Å²) in [5.41, 5.74) is 0.832. The molecule has 3 aromatic rings. The minimum atomic E-state index is -0.450. The average molecular weight is 369 g/mol. The maximum Gasteiger partial charge on any atom is 0.344 e. The third-order valence-electron chi connectivity index (χ3n) is 3.45. The monoisotopic (exact) mass is 368 g/mol. The van der Waals surface area contributed by atoms with Crippen LogP contribution in [0.1, 0.15) is 5.56 Å². The molecule has 26 heavy (non-hydrogen) atoms. The van der Waals surface area contributed by atoms with E-state index in [1.807, 2.05) is 54.6 Å². The number of halogens is 1. The smallest absolute Gasteiger partial charge is 0.344 e. The molecule has 3 rings (SSSR count). The topological polar surface area (TPSA) is 44.8 Å². The highest BCUT2D eigenvalue weighted by Crippen LogP contribution is 2.22. The van der Waals surface area contributed by atoms with Crippen molar-refractivity contribution in [1.29, 1.82) is 0 Å². The van der Waals surface area contributed by atoms with Crippen molar-refractivity contribution in [3.05, 3.63) is 89.4 Å². The van der Waals surface area contributed by atoms with Crippen LogP contribution in [0.15, 0.2) is 78.9 Å². The van der Waals surface area contributed by atoms with Gasteiger partial charge < -0.3 is 14.2 Å². The molecule has 0 unspecified atom stereocenters. The van der Waals surface area contributed by atoms with E-state index in [0.717, 1.165) is 11.3 Å². The van der Waals surface area contributed by atoms with E-state index in [0.29, 0.717) is 16.5 Å². The van der Waals surface area contributed by atoms with Gasteiger partial charge in [0.05, 0.1) is 0 Å². The number of esters is 1. The Labute approximate surface area is 156 Å². The maximum atomic E-state index is 11.8. The van der Waals surface area contributed by atoms with E-state index < -0.39 is 5.97 Å². The van der Waals surface area contributed by atoms with Crippen LogP contribution >= 0.6 is 11.6 Å². The number of carbonyl (C=O) groups excluding carboxylic acids is 1. The molecule has 0 bridgehead atoms. The lowest BCUT2D eigenvalue weighted by atomic mass is 10.2. The lowest BCUT2D eigenvalue weighted by Crippen LogP contribution is -2.14. The van der Waals surface area contributed by atoms with Crippen molar-refractivity contribution in [1.82, 2.24) is 0 Å². The van der Waals surface area contributed by atoms with Crippen LogP contribution in [0, 0.1) is 0 Å². The van der Waals surface area contributed by atoms with Gasteiger partial charge in [0.15, 0.2) is 6.61 Å². The standard InChI is InChI=1S/C21H17ClO4/c22-17-9-11-18(12-10-17)24-15-21(23)25-14-16-5-4-8-20(13-16)26-19-6-2-1-3-7-19/h1-13H,14-15H2. The fourth-order valence-electron chi connectivity index (χ4n) is 2.20. The van der Waals surface area contributed by atoms with Gasteiger partial charge in [-0.2, -0.15) is 0 Å². The predicted molar refractivity (Wildman–Crippen MR) is 99.7 cm³/mol. The summed E-state index contributed by atoms with van der Waals surface area (Å²) < 4.78 is 16.4. The highest BCUT2D eigenvalue weighted by Gasteiger charge is 2.06. The molecule has 0 fully saturated rings. The first-order chi connectivity index (χ1) is 12.7. The molecule has 0 N–H and O–H groups in total. The Morgan fingerprint density at radius 1 is 0.808 bits per heavy atom. The summed E-state index contributed by atoms with van der Waals surface area (Å²) in [6, 6.07) is 23.7. The van der Waals surface area contributed by atoms with Crippen molar-refractivity contribution in [2.24, 2.45) is 0 Å². The molecular formula is C21H17ClO4. The molecule has 3 aromatic carbocycles. The average Bonchev–Trinajstić information content (AvgIpc) is 2.67. The first-order valence-corrected chi connectivity index (χ1v) is 8.43.